The monoisotopic (exact) mass is 596 g/mol. The number of hydrogen-bond donors (Lipinski definition) is 5. The molecule has 0 aromatic heterocycles. The average Bonchev–Trinajstić information content (AvgIpc) is 3.09. The van der Waals surface area contributed by atoms with E-state index in [4.69, 9.17) is 0 Å². The Bertz CT molecular complexity index is 1660. The Morgan fingerprint density at radius 1 is 0.523 bits per heavy atom. The molecule has 224 valence electrons. The van der Waals surface area contributed by atoms with Gasteiger partial charge in [0.05, 0.1) is 0 Å². The third kappa shape index (κ3) is 5.21. The van der Waals surface area contributed by atoms with Gasteiger partial charge in [0.2, 0.25) is 28.6 Å². The number of ketones is 4. The van der Waals surface area contributed by atoms with Crippen molar-refractivity contribution in [1.29, 1.82) is 0 Å². The smallest absolute Gasteiger partial charge is 0.222 e. The first kappa shape index (κ1) is 32.0. The number of aliphatic hydroxyl groups is 5. The third-order valence-electron chi connectivity index (χ3n) is 7.46. The summed E-state index contributed by atoms with van der Waals surface area (Å²) in [6, 6.07) is 26.0. The second-order valence-corrected chi connectivity index (χ2v) is 10.1. The van der Waals surface area contributed by atoms with Gasteiger partial charge in [-0.15, -0.1) is 0 Å². The number of benzene rings is 4. The molecule has 0 spiro atoms. The number of rotatable bonds is 13. The lowest BCUT2D eigenvalue weighted by Gasteiger charge is -2.49. The van der Waals surface area contributed by atoms with Gasteiger partial charge in [0, 0.05) is 22.3 Å². The minimum absolute atomic E-state index is 0.197. The quantitative estimate of drug-likeness (QED) is 0.0863. The molecule has 0 fully saturated rings. The Kier molecular flexibility index (Phi) is 9.24. The van der Waals surface area contributed by atoms with Crippen molar-refractivity contribution in [3.05, 3.63) is 144 Å². The van der Waals surface area contributed by atoms with Crippen LogP contribution in [0.15, 0.2) is 121 Å². The second kappa shape index (κ2) is 12.7. The zero-order chi connectivity index (χ0) is 32.1. The van der Waals surface area contributed by atoms with Crippen LogP contribution in [0.1, 0.15) is 41.4 Å². The molecule has 5 N–H and O–H groups in total. The van der Waals surface area contributed by atoms with E-state index in [0.717, 1.165) is 36.4 Å². The van der Waals surface area contributed by atoms with Crippen LogP contribution in [0.5, 0.6) is 0 Å². The lowest BCUT2D eigenvalue weighted by Crippen LogP contribution is -2.81. The summed E-state index contributed by atoms with van der Waals surface area (Å²) in [7, 11) is 0. The van der Waals surface area contributed by atoms with Crippen LogP contribution in [0.25, 0.3) is 0 Å². The predicted molar refractivity (Wildman–Crippen MR) is 156 cm³/mol. The van der Waals surface area contributed by atoms with E-state index < -0.39 is 75.1 Å². The first-order chi connectivity index (χ1) is 20.9. The van der Waals surface area contributed by atoms with E-state index in [0.29, 0.717) is 0 Å². The molecule has 4 aromatic rings. The Balaban J connectivity index is 2.07. The van der Waals surface area contributed by atoms with Crippen molar-refractivity contribution in [3.8, 4) is 0 Å². The topological polar surface area (TPSA) is 186 Å². The first-order valence-electron chi connectivity index (χ1n) is 13.3. The van der Waals surface area contributed by atoms with Crippen molar-refractivity contribution in [2.45, 2.75) is 29.0 Å². The van der Waals surface area contributed by atoms with E-state index >= 15 is 0 Å². The standard InChI is InChI=1S/C34H28O10/c35-21-32(42,28(38)23-15-7-2-8-16-23)34(44,30(40)25-19-11-4-12-20-25)33(43,29(39)24-17-9-3-10-18-24)31(41)27(37)26(36)22-13-5-1-6-14-22/h1-21,27,31,37,41-44H. The molecule has 10 nitrogen and oxygen atoms in total. The molecule has 0 aliphatic rings. The SMILES string of the molecule is O=CC(O)(C(=O)c1ccccc1)C(O)(C(=O)c1ccccc1)C(O)(C(=O)c1ccccc1)C(O)C(O)C(=O)c1ccccc1. The van der Waals surface area contributed by atoms with Gasteiger partial charge in [-0.2, -0.15) is 0 Å². The van der Waals surface area contributed by atoms with Crippen molar-refractivity contribution in [2.75, 3.05) is 0 Å². The summed E-state index contributed by atoms with van der Waals surface area (Å²) < 4.78 is 0. The van der Waals surface area contributed by atoms with Gasteiger partial charge in [-0.05, 0) is 0 Å². The van der Waals surface area contributed by atoms with Crippen LogP contribution in [0.2, 0.25) is 0 Å². The summed E-state index contributed by atoms with van der Waals surface area (Å²) in [6.07, 6.45) is -6.37. The summed E-state index contributed by atoms with van der Waals surface area (Å²) in [6.45, 7) is 0. The van der Waals surface area contributed by atoms with Crippen molar-refractivity contribution in [3.63, 3.8) is 0 Å². The molecule has 0 amide bonds. The molecule has 10 heteroatoms. The minimum Gasteiger partial charge on any atom is -0.386 e. The molecule has 0 radical (unpaired) electrons. The van der Waals surface area contributed by atoms with E-state index in [-0.39, 0.29) is 5.56 Å². The molecule has 5 atom stereocenters. The zero-order valence-corrected chi connectivity index (χ0v) is 23.1. The van der Waals surface area contributed by atoms with E-state index in [2.05, 4.69) is 0 Å². The Hall–Kier alpha value is -4.97. The highest BCUT2D eigenvalue weighted by Gasteiger charge is 2.75. The van der Waals surface area contributed by atoms with E-state index in [1.54, 1.807) is 6.07 Å². The number of Topliss-reactive ketones (excluding diaryl/α,β-unsaturated/α-hetero) is 4. The fourth-order valence-electron chi connectivity index (χ4n) is 5.02. The lowest BCUT2D eigenvalue weighted by molar-refractivity contribution is -0.215. The number of carbonyl (C=O) groups excluding carboxylic acids is 5. The summed E-state index contributed by atoms with van der Waals surface area (Å²) in [5.74, 6) is -6.33. The number of aldehydes is 1. The van der Waals surface area contributed by atoms with Gasteiger partial charge < -0.3 is 25.5 Å². The normalized spacial score (nSPS) is 16.7. The van der Waals surface area contributed by atoms with E-state index in [1.165, 1.54) is 78.9 Å². The molecule has 4 rings (SSSR count). The van der Waals surface area contributed by atoms with E-state index in [9.17, 15) is 49.5 Å². The summed E-state index contributed by atoms with van der Waals surface area (Å²) in [4.78, 5) is 68.2. The van der Waals surface area contributed by atoms with Crippen molar-refractivity contribution < 1.29 is 49.5 Å². The maximum Gasteiger partial charge on any atom is 0.222 e. The maximum absolute atomic E-state index is 14.2. The van der Waals surface area contributed by atoms with Gasteiger partial charge in [0.1, 0.15) is 12.2 Å². The van der Waals surface area contributed by atoms with Crippen molar-refractivity contribution in [1.82, 2.24) is 0 Å². The third-order valence-corrected chi connectivity index (χ3v) is 7.46. The highest BCUT2D eigenvalue weighted by Crippen LogP contribution is 2.43. The van der Waals surface area contributed by atoms with Crippen molar-refractivity contribution in [2.24, 2.45) is 0 Å². The Morgan fingerprint density at radius 2 is 0.864 bits per heavy atom. The van der Waals surface area contributed by atoms with Gasteiger partial charge in [0.25, 0.3) is 0 Å². The highest BCUT2D eigenvalue weighted by atomic mass is 16.4. The van der Waals surface area contributed by atoms with Crippen LogP contribution in [0, 0.1) is 0 Å². The number of aliphatic hydroxyl groups excluding tert-OH is 2. The molecule has 0 aliphatic heterocycles. The van der Waals surface area contributed by atoms with Crippen molar-refractivity contribution >= 4 is 29.4 Å². The van der Waals surface area contributed by atoms with Gasteiger partial charge in [-0.1, -0.05) is 121 Å². The molecular weight excluding hydrogens is 568 g/mol. The molecule has 0 bridgehead atoms. The molecule has 4 aromatic carbocycles. The largest absolute Gasteiger partial charge is 0.386 e. The predicted octanol–water partition coefficient (Wildman–Crippen LogP) is 1.63. The maximum atomic E-state index is 14.2. The van der Waals surface area contributed by atoms with Gasteiger partial charge in [-0.25, -0.2) is 0 Å². The Morgan fingerprint density at radius 3 is 1.25 bits per heavy atom. The molecule has 44 heavy (non-hydrogen) atoms. The lowest BCUT2D eigenvalue weighted by atomic mass is 9.60. The fourth-order valence-corrected chi connectivity index (χ4v) is 5.02. The molecule has 0 aliphatic carbocycles. The summed E-state index contributed by atoms with van der Waals surface area (Å²) in [5.41, 5.74) is -14.0. The van der Waals surface area contributed by atoms with Crippen LogP contribution < -0.4 is 0 Å². The zero-order valence-electron chi connectivity index (χ0n) is 23.1. The van der Waals surface area contributed by atoms with Gasteiger partial charge in [-0.3, -0.25) is 24.0 Å². The number of carbonyl (C=O) groups is 5. The van der Waals surface area contributed by atoms with Crippen LogP contribution >= 0.6 is 0 Å². The highest BCUT2D eigenvalue weighted by molar-refractivity contribution is 6.23. The van der Waals surface area contributed by atoms with Gasteiger partial charge in [0.15, 0.2) is 17.7 Å². The Labute approximate surface area is 251 Å². The van der Waals surface area contributed by atoms with Gasteiger partial charge >= 0.3 is 0 Å². The van der Waals surface area contributed by atoms with Crippen LogP contribution in [-0.2, 0) is 4.79 Å². The van der Waals surface area contributed by atoms with Crippen LogP contribution in [-0.4, -0.2) is 84.0 Å². The molecule has 0 saturated heterocycles. The molecule has 0 heterocycles. The second-order valence-electron chi connectivity index (χ2n) is 10.1. The first-order valence-corrected chi connectivity index (χ1v) is 13.3. The van der Waals surface area contributed by atoms with E-state index in [1.807, 2.05) is 0 Å². The number of hydrogen-bond acceptors (Lipinski definition) is 10. The summed E-state index contributed by atoms with van der Waals surface area (Å²) >= 11 is 0. The minimum atomic E-state index is -4.25. The average molecular weight is 597 g/mol. The molecule has 5 unspecified atom stereocenters. The summed E-state index contributed by atoms with van der Waals surface area (Å²) in [5, 5.41) is 59.2. The van der Waals surface area contributed by atoms with Crippen LogP contribution in [0.3, 0.4) is 0 Å². The fraction of sp³-hybridized carbons (Fsp3) is 0.147. The molecule has 0 saturated carbocycles. The van der Waals surface area contributed by atoms with Crippen LogP contribution in [0.4, 0.5) is 0 Å². The molecular formula is C34H28O10.